The first-order valence-electron chi connectivity index (χ1n) is 4.86. The van der Waals surface area contributed by atoms with E-state index < -0.39 is 0 Å². The molecule has 1 N–H and O–H groups in total. The van der Waals surface area contributed by atoms with Crippen molar-refractivity contribution < 1.29 is 9.84 Å². The van der Waals surface area contributed by atoms with Gasteiger partial charge in [0.05, 0.1) is 7.11 Å². The van der Waals surface area contributed by atoms with Gasteiger partial charge >= 0.3 is 0 Å². The minimum atomic E-state index is -0.0878. The molecule has 0 aliphatic heterocycles. The predicted molar refractivity (Wildman–Crippen MR) is 66.0 cm³/mol. The molecule has 0 aliphatic carbocycles. The summed E-state index contributed by atoms with van der Waals surface area (Å²) in [5.41, 5.74) is 1.69. The first-order chi connectivity index (χ1) is 6.90. The van der Waals surface area contributed by atoms with Crippen LogP contribution in [-0.4, -0.2) is 12.2 Å². The molecule has 2 nitrogen and oxygen atoms in total. The fraction of sp³-hybridized carbons (Fsp3) is 0.500. The van der Waals surface area contributed by atoms with Crippen LogP contribution in [0.4, 0.5) is 0 Å². The van der Waals surface area contributed by atoms with Crippen LogP contribution in [0.3, 0.4) is 0 Å². The average molecular weight is 273 g/mol. The molecule has 1 rings (SSSR count). The van der Waals surface area contributed by atoms with Crippen LogP contribution in [0.25, 0.3) is 0 Å². The van der Waals surface area contributed by atoms with Gasteiger partial charge in [0.25, 0.3) is 0 Å². The number of phenols is 1. The molecule has 3 heteroatoms. The van der Waals surface area contributed by atoms with Gasteiger partial charge < -0.3 is 9.84 Å². The summed E-state index contributed by atoms with van der Waals surface area (Å²) < 4.78 is 5.22. The van der Waals surface area contributed by atoms with E-state index in [1.807, 2.05) is 12.1 Å². The molecule has 0 unspecified atom stereocenters. The van der Waals surface area contributed by atoms with Gasteiger partial charge in [-0.15, -0.1) is 0 Å². The lowest BCUT2D eigenvalue weighted by molar-refractivity contribution is 0.404. The molecule has 0 fully saturated rings. The maximum Gasteiger partial charge on any atom is 0.123 e. The van der Waals surface area contributed by atoms with Gasteiger partial charge in [-0.3, -0.25) is 0 Å². The highest BCUT2D eigenvalue weighted by atomic mass is 79.9. The summed E-state index contributed by atoms with van der Waals surface area (Å²) >= 11 is 3.36. The second kappa shape index (κ2) is 4.44. The number of halogens is 1. The maximum absolute atomic E-state index is 10.1. The number of methoxy groups -OCH3 is 1. The van der Waals surface area contributed by atoms with Crippen molar-refractivity contribution in [2.45, 2.75) is 31.5 Å². The molecule has 1 aromatic rings. The molecule has 0 saturated carbocycles. The van der Waals surface area contributed by atoms with Crippen LogP contribution in [0.2, 0.25) is 0 Å². The van der Waals surface area contributed by atoms with Crippen molar-refractivity contribution >= 4 is 15.9 Å². The van der Waals surface area contributed by atoms with E-state index in [1.54, 1.807) is 7.11 Å². The van der Waals surface area contributed by atoms with Crippen molar-refractivity contribution in [2.24, 2.45) is 0 Å². The average Bonchev–Trinajstić information content (AvgIpc) is 2.16. The molecule has 0 radical (unpaired) electrons. The number of hydrogen-bond donors (Lipinski definition) is 1. The standard InChI is InChI=1S/C12H17BrO2/c1-12(2,3)10-6-9(15-4)5-8(7-13)11(10)14/h5-6,14H,7H2,1-4H3. The molecule has 15 heavy (non-hydrogen) atoms. The molecule has 0 aromatic heterocycles. The fourth-order valence-electron chi connectivity index (χ4n) is 1.46. The van der Waals surface area contributed by atoms with E-state index in [0.29, 0.717) is 11.1 Å². The van der Waals surface area contributed by atoms with Crippen LogP contribution < -0.4 is 4.74 Å². The van der Waals surface area contributed by atoms with Crippen LogP contribution in [0.5, 0.6) is 11.5 Å². The molecule has 0 atom stereocenters. The van der Waals surface area contributed by atoms with Gasteiger partial charge in [0.1, 0.15) is 11.5 Å². The van der Waals surface area contributed by atoms with Gasteiger partial charge in [0.15, 0.2) is 0 Å². The Bertz CT molecular complexity index is 353. The third-order valence-electron chi connectivity index (χ3n) is 2.35. The number of phenolic OH excluding ortho intramolecular Hbond substituents is 1. The lowest BCUT2D eigenvalue weighted by Gasteiger charge is -2.22. The van der Waals surface area contributed by atoms with Crippen molar-refractivity contribution in [2.75, 3.05) is 7.11 Å². The summed E-state index contributed by atoms with van der Waals surface area (Å²) in [5.74, 6) is 1.15. The smallest absolute Gasteiger partial charge is 0.123 e. The van der Waals surface area contributed by atoms with E-state index in [4.69, 9.17) is 4.74 Å². The summed E-state index contributed by atoms with van der Waals surface area (Å²) in [6, 6.07) is 3.74. The van der Waals surface area contributed by atoms with Crippen LogP contribution >= 0.6 is 15.9 Å². The van der Waals surface area contributed by atoms with Crippen molar-refractivity contribution in [1.82, 2.24) is 0 Å². The Morgan fingerprint density at radius 3 is 2.33 bits per heavy atom. The Morgan fingerprint density at radius 2 is 1.93 bits per heavy atom. The summed E-state index contributed by atoms with van der Waals surface area (Å²) in [5, 5.41) is 10.7. The molecule has 0 spiro atoms. The van der Waals surface area contributed by atoms with Gasteiger partial charge in [0, 0.05) is 16.5 Å². The van der Waals surface area contributed by atoms with E-state index in [0.717, 1.165) is 16.9 Å². The van der Waals surface area contributed by atoms with Gasteiger partial charge in [-0.2, -0.15) is 0 Å². The highest BCUT2D eigenvalue weighted by Crippen LogP contribution is 2.37. The third-order valence-corrected chi connectivity index (χ3v) is 2.95. The van der Waals surface area contributed by atoms with Crippen LogP contribution in [-0.2, 0) is 10.7 Å². The quantitative estimate of drug-likeness (QED) is 0.834. The second-order valence-electron chi connectivity index (χ2n) is 4.57. The topological polar surface area (TPSA) is 29.5 Å². The van der Waals surface area contributed by atoms with Crippen molar-refractivity contribution in [1.29, 1.82) is 0 Å². The normalized spacial score (nSPS) is 11.5. The van der Waals surface area contributed by atoms with Crippen molar-refractivity contribution in [3.8, 4) is 11.5 Å². The summed E-state index contributed by atoms with van der Waals surface area (Å²) in [6.45, 7) is 6.21. The van der Waals surface area contributed by atoms with Gasteiger partial charge in [0.2, 0.25) is 0 Å². The van der Waals surface area contributed by atoms with Gasteiger partial charge in [-0.05, 0) is 17.5 Å². The molecular formula is C12H17BrO2. The maximum atomic E-state index is 10.1. The predicted octanol–water partition coefficient (Wildman–Crippen LogP) is 3.59. The van der Waals surface area contributed by atoms with Crippen molar-refractivity contribution in [3.05, 3.63) is 23.3 Å². The highest BCUT2D eigenvalue weighted by molar-refractivity contribution is 9.08. The number of hydrogen-bond acceptors (Lipinski definition) is 2. The van der Waals surface area contributed by atoms with Gasteiger partial charge in [-0.1, -0.05) is 36.7 Å². The Labute approximate surface area is 99.4 Å². The van der Waals surface area contributed by atoms with Crippen LogP contribution in [0, 0.1) is 0 Å². The van der Waals surface area contributed by atoms with Crippen LogP contribution in [0.1, 0.15) is 31.9 Å². The lowest BCUT2D eigenvalue weighted by atomic mass is 9.85. The number of ether oxygens (including phenoxy) is 1. The molecule has 0 aliphatic rings. The minimum Gasteiger partial charge on any atom is -0.507 e. The minimum absolute atomic E-state index is 0.0878. The Morgan fingerprint density at radius 1 is 1.33 bits per heavy atom. The summed E-state index contributed by atoms with van der Waals surface area (Å²) in [7, 11) is 1.64. The fourth-order valence-corrected chi connectivity index (χ4v) is 1.88. The van der Waals surface area contributed by atoms with Crippen molar-refractivity contribution in [3.63, 3.8) is 0 Å². The zero-order valence-electron chi connectivity index (χ0n) is 9.60. The molecule has 0 heterocycles. The molecule has 84 valence electrons. The highest BCUT2D eigenvalue weighted by Gasteiger charge is 2.21. The first-order valence-corrected chi connectivity index (χ1v) is 5.98. The van der Waals surface area contributed by atoms with E-state index >= 15 is 0 Å². The molecular weight excluding hydrogens is 256 g/mol. The molecule has 0 bridgehead atoms. The van der Waals surface area contributed by atoms with Gasteiger partial charge in [-0.25, -0.2) is 0 Å². The van der Waals surface area contributed by atoms with E-state index in [9.17, 15) is 5.11 Å². The number of aromatic hydroxyl groups is 1. The first kappa shape index (κ1) is 12.4. The van der Waals surface area contributed by atoms with E-state index in [2.05, 4.69) is 36.7 Å². The Kier molecular flexibility index (Phi) is 3.66. The lowest BCUT2D eigenvalue weighted by Crippen LogP contribution is -2.12. The largest absolute Gasteiger partial charge is 0.507 e. The number of rotatable bonds is 2. The Hall–Kier alpha value is -0.700. The SMILES string of the molecule is COc1cc(CBr)c(O)c(C(C)(C)C)c1. The van der Waals surface area contributed by atoms with E-state index in [-0.39, 0.29) is 5.41 Å². The zero-order chi connectivity index (χ0) is 11.6. The second-order valence-corrected chi connectivity index (χ2v) is 5.13. The van der Waals surface area contributed by atoms with Crippen LogP contribution in [0.15, 0.2) is 12.1 Å². The molecule has 1 aromatic carbocycles. The number of alkyl halides is 1. The number of benzene rings is 1. The summed E-state index contributed by atoms with van der Waals surface area (Å²) in [4.78, 5) is 0. The third kappa shape index (κ3) is 2.65. The molecule has 0 amide bonds. The molecule has 0 saturated heterocycles. The summed E-state index contributed by atoms with van der Waals surface area (Å²) in [6.07, 6.45) is 0. The Balaban J connectivity index is 3.37. The monoisotopic (exact) mass is 272 g/mol. The zero-order valence-corrected chi connectivity index (χ0v) is 11.2. The van der Waals surface area contributed by atoms with E-state index in [1.165, 1.54) is 0 Å².